The summed E-state index contributed by atoms with van der Waals surface area (Å²) in [6.45, 7) is 6.25. The Morgan fingerprint density at radius 3 is 2.59 bits per heavy atom. The summed E-state index contributed by atoms with van der Waals surface area (Å²) in [4.78, 5) is 38.0. The highest BCUT2D eigenvalue weighted by Crippen LogP contribution is 2.41. The second kappa shape index (κ2) is 9.87. The number of amides is 3. The summed E-state index contributed by atoms with van der Waals surface area (Å²) in [5, 5.41) is 4.20. The van der Waals surface area contributed by atoms with Gasteiger partial charge in [-0.1, -0.05) is 11.6 Å². The number of nitrogens with one attached hydrogen (secondary N) is 2. The molecule has 2 N–H and O–H groups in total. The molecular weight excluding hydrogens is 483 g/mol. The van der Waals surface area contributed by atoms with E-state index in [1.165, 1.54) is 4.90 Å². The van der Waals surface area contributed by atoms with E-state index in [2.05, 4.69) is 5.32 Å². The van der Waals surface area contributed by atoms with E-state index in [1.807, 2.05) is 0 Å². The molecule has 0 radical (unpaired) electrons. The van der Waals surface area contributed by atoms with Gasteiger partial charge in [0.15, 0.2) is 0 Å². The number of ether oxygens (including phenoxy) is 3. The van der Waals surface area contributed by atoms with Crippen molar-refractivity contribution in [3.8, 4) is 5.75 Å². The number of morpholine rings is 1. The molecule has 0 spiro atoms. The van der Waals surface area contributed by atoms with Crippen LogP contribution in [0.2, 0.25) is 5.02 Å². The quantitative estimate of drug-likeness (QED) is 0.648. The van der Waals surface area contributed by atoms with Gasteiger partial charge in [-0.05, 0) is 26.8 Å². The molecule has 1 atom stereocenters. The van der Waals surface area contributed by atoms with E-state index >= 15 is 0 Å². The Morgan fingerprint density at radius 1 is 1.24 bits per heavy atom. The van der Waals surface area contributed by atoms with Crippen molar-refractivity contribution in [3.05, 3.63) is 22.2 Å². The predicted octanol–water partition coefficient (Wildman–Crippen LogP) is 3.14. The molecule has 13 heteroatoms. The average molecular weight is 508 g/mol. The van der Waals surface area contributed by atoms with Crippen molar-refractivity contribution in [1.29, 1.82) is 0 Å². The first-order valence-electron chi connectivity index (χ1n) is 10.5. The minimum Gasteiger partial charge on any atom is -0.492 e. The first kappa shape index (κ1) is 25.9. The third-order valence-electron chi connectivity index (χ3n) is 4.95. The van der Waals surface area contributed by atoms with E-state index in [9.17, 15) is 27.6 Å². The summed E-state index contributed by atoms with van der Waals surface area (Å²) in [5.41, 5.74) is -0.663. The highest BCUT2D eigenvalue weighted by Gasteiger charge is 2.40. The second-order valence-corrected chi connectivity index (χ2v) is 9.18. The van der Waals surface area contributed by atoms with Gasteiger partial charge in [0.25, 0.3) is 5.91 Å². The first-order chi connectivity index (χ1) is 15.8. The summed E-state index contributed by atoms with van der Waals surface area (Å²) in [7, 11) is 0. The van der Waals surface area contributed by atoms with Gasteiger partial charge in [-0.2, -0.15) is 13.2 Å². The number of alkyl halides is 3. The standard InChI is InChI=1S/C21H25ClF3N3O6/c1-20(2,3)34-19(31)28-5-7-32-11(10-28)9-26-17(29)13-8-14(22)15(12-4-6-33-16(12)13)27-18(30)21(23,24)25/h8,11H,4-7,9-10H2,1-3H3,(H,26,29)(H,27,30). The molecule has 1 aromatic rings. The van der Waals surface area contributed by atoms with Crippen LogP contribution in [-0.2, 0) is 20.7 Å². The number of rotatable bonds is 4. The van der Waals surface area contributed by atoms with Crippen LogP contribution in [0.15, 0.2) is 6.07 Å². The van der Waals surface area contributed by atoms with Crippen molar-refractivity contribution in [2.45, 2.75) is 45.1 Å². The van der Waals surface area contributed by atoms with Gasteiger partial charge in [0, 0.05) is 25.1 Å². The van der Waals surface area contributed by atoms with Crippen LogP contribution in [0.4, 0.5) is 23.7 Å². The summed E-state index contributed by atoms with van der Waals surface area (Å²) in [6.07, 6.45) is -5.92. The molecule has 1 saturated heterocycles. The van der Waals surface area contributed by atoms with Gasteiger partial charge in [-0.25, -0.2) is 4.79 Å². The zero-order chi connectivity index (χ0) is 25.3. The van der Waals surface area contributed by atoms with Crippen LogP contribution in [0.3, 0.4) is 0 Å². The van der Waals surface area contributed by atoms with Crippen LogP contribution in [0.25, 0.3) is 0 Å². The SMILES string of the molecule is CC(C)(C)OC(=O)N1CCOC(CNC(=O)c2cc(Cl)c(NC(=O)C(F)(F)F)c3c2OCC3)C1. The van der Waals surface area contributed by atoms with Crippen LogP contribution in [0.5, 0.6) is 5.75 Å². The molecule has 0 saturated carbocycles. The topological polar surface area (TPSA) is 106 Å². The molecule has 188 valence electrons. The van der Waals surface area contributed by atoms with E-state index in [-0.39, 0.29) is 60.3 Å². The lowest BCUT2D eigenvalue weighted by atomic mass is 10.0. The maximum absolute atomic E-state index is 12.8. The van der Waals surface area contributed by atoms with Gasteiger partial charge in [-0.3, -0.25) is 9.59 Å². The van der Waals surface area contributed by atoms with Gasteiger partial charge in [0.2, 0.25) is 0 Å². The van der Waals surface area contributed by atoms with Crippen molar-refractivity contribution < 1.29 is 41.8 Å². The maximum atomic E-state index is 12.8. The number of nitrogens with zero attached hydrogens (tertiary/aromatic N) is 1. The molecule has 34 heavy (non-hydrogen) atoms. The number of benzene rings is 1. The number of hydrogen-bond donors (Lipinski definition) is 2. The minimum absolute atomic E-state index is 0.0160. The number of halogens is 4. The highest BCUT2D eigenvalue weighted by atomic mass is 35.5. The number of anilines is 1. The summed E-state index contributed by atoms with van der Waals surface area (Å²) >= 11 is 6.11. The lowest BCUT2D eigenvalue weighted by molar-refractivity contribution is -0.167. The van der Waals surface area contributed by atoms with Crippen LogP contribution in [0, 0.1) is 0 Å². The number of fused-ring (bicyclic) bond motifs is 1. The van der Waals surface area contributed by atoms with E-state index in [0.29, 0.717) is 6.54 Å². The Balaban J connectivity index is 1.68. The molecular formula is C21H25ClF3N3O6. The smallest absolute Gasteiger partial charge is 0.471 e. The van der Waals surface area contributed by atoms with Crippen molar-refractivity contribution in [3.63, 3.8) is 0 Å². The third kappa shape index (κ3) is 6.23. The van der Waals surface area contributed by atoms with E-state index in [0.717, 1.165) is 6.07 Å². The zero-order valence-electron chi connectivity index (χ0n) is 18.8. The van der Waals surface area contributed by atoms with Crippen molar-refractivity contribution in [2.24, 2.45) is 0 Å². The second-order valence-electron chi connectivity index (χ2n) is 8.77. The molecule has 1 aromatic carbocycles. The van der Waals surface area contributed by atoms with Gasteiger partial charge < -0.3 is 29.7 Å². The van der Waals surface area contributed by atoms with Crippen LogP contribution in [-0.4, -0.2) is 73.5 Å². The average Bonchev–Trinajstić information content (AvgIpc) is 3.21. The molecule has 2 aliphatic rings. The minimum atomic E-state index is -5.10. The highest BCUT2D eigenvalue weighted by molar-refractivity contribution is 6.34. The summed E-state index contributed by atoms with van der Waals surface area (Å²) in [6, 6.07) is 1.14. The largest absolute Gasteiger partial charge is 0.492 e. The molecule has 0 bridgehead atoms. The molecule has 1 unspecified atom stereocenters. The van der Waals surface area contributed by atoms with Crippen molar-refractivity contribution >= 4 is 35.2 Å². The molecule has 3 amide bonds. The summed E-state index contributed by atoms with van der Waals surface area (Å²) < 4.78 is 54.4. The fraction of sp³-hybridized carbons (Fsp3) is 0.571. The zero-order valence-corrected chi connectivity index (χ0v) is 19.6. The Kier molecular flexibility index (Phi) is 7.51. The van der Waals surface area contributed by atoms with E-state index in [1.54, 1.807) is 26.1 Å². The molecule has 3 rings (SSSR count). The van der Waals surface area contributed by atoms with Crippen LogP contribution in [0.1, 0.15) is 36.7 Å². The lowest BCUT2D eigenvalue weighted by Crippen LogP contribution is -2.50. The normalized spacial score (nSPS) is 18.1. The number of hydrogen-bond acceptors (Lipinski definition) is 6. The van der Waals surface area contributed by atoms with Gasteiger partial charge in [0.1, 0.15) is 11.4 Å². The monoisotopic (exact) mass is 507 g/mol. The summed E-state index contributed by atoms with van der Waals surface area (Å²) in [5.74, 6) is -2.71. The first-order valence-corrected chi connectivity index (χ1v) is 10.9. The Labute approximate surface area is 198 Å². The number of carbonyl (C=O) groups is 3. The van der Waals surface area contributed by atoms with Crippen molar-refractivity contribution in [2.75, 3.05) is 38.2 Å². The van der Waals surface area contributed by atoms with Crippen LogP contribution >= 0.6 is 11.6 Å². The van der Waals surface area contributed by atoms with Gasteiger partial charge in [-0.15, -0.1) is 0 Å². The Hall–Kier alpha value is -2.73. The predicted molar refractivity (Wildman–Crippen MR) is 115 cm³/mol. The van der Waals surface area contributed by atoms with Crippen molar-refractivity contribution in [1.82, 2.24) is 10.2 Å². The molecule has 0 aliphatic carbocycles. The van der Waals surface area contributed by atoms with Crippen LogP contribution < -0.4 is 15.4 Å². The lowest BCUT2D eigenvalue weighted by Gasteiger charge is -2.34. The van der Waals surface area contributed by atoms with E-state index < -0.39 is 35.8 Å². The number of carbonyl (C=O) groups excluding carboxylic acids is 3. The molecule has 0 aromatic heterocycles. The van der Waals surface area contributed by atoms with E-state index in [4.69, 9.17) is 25.8 Å². The van der Waals surface area contributed by atoms with Gasteiger partial charge in [0.05, 0.1) is 42.1 Å². The fourth-order valence-electron chi connectivity index (χ4n) is 3.47. The Morgan fingerprint density at radius 2 is 1.94 bits per heavy atom. The third-order valence-corrected chi connectivity index (χ3v) is 5.25. The molecule has 9 nitrogen and oxygen atoms in total. The Bertz CT molecular complexity index is 980. The molecule has 2 heterocycles. The molecule has 2 aliphatic heterocycles. The molecule has 1 fully saturated rings. The maximum Gasteiger partial charge on any atom is 0.471 e. The van der Waals surface area contributed by atoms with Gasteiger partial charge >= 0.3 is 18.2 Å². The fourth-order valence-corrected chi connectivity index (χ4v) is 3.74.